The number of nitrogens with zero attached hydrogens (tertiary/aromatic N) is 9. The Morgan fingerprint density at radius 2 is 0.405 bits per heavy atom. The number of hydrogen-bond acceptors (Lipinski definition) is 9. The van der Waals surface area contributed by atoms with Crippen LogP contribution in [0.15, 0.2) is 444 Å². The predicted molar refractivity (Wildman–Crippen MR) is 514 cm³/mol. The Hall–Kier alpha value is -17.2. The van der Waals surface area contributed by atoms with Gasteiger partial charge < -0.3 is 27.0 Å². The summed E-state index contributed by atoms with van der Waals surface area (Å²) in [5.74, 6) is 1.92. The number of rotatable bonds is 11. The van der Waals surface area contributed by atoms with Crippen molar-refractivity contribution < 1.29 is 13.3 Å². The number of hydrogen-bond donors (Lipinski definition) is 0. The van der Waals surface area contributed by atoms with Crippen molar-refractivity contribution in [1.82, 2.24) is 43.6 Å². The first-order valence-electron chi connectivity index (χ1n) is 42.2. The first-order valence-corrected chi connectivity index (χ1v) is 42.2. The number of aromatic nitrogens is 9. The third-order valence-corrected chi connectivity index (χ3v) is 24.1. The van der Waals surface area contributed by atoms with Gasteiger partial charge in [0, 0.05) is 98.9 Å². The minimum Gasteiger partial charge on any atom is -0.438 e. The number of benzene rings is 17. The fraction of sp³-hybridized carbons (Fsp3) is 0. The third kappa shape index (κ3) is 12.6. The summed E-state index contributed by atoms with van der Waals surface area (Å²) < 4.78 is 25.9. The number of fused-ring (bicyclic) bond motifs is 18. The Morgan fingerprint density at radius 3 is 0.770 bits per heavy atom. The fourth-order valence-corrected chi connectivity index (χ4v) is 18.3. The molecule has 0 spiro atoms. The largest absolute Gasteiger partial charge is 0.438 e. The lowest BCUT2D eigenvalue weighted by molar-refractivity contribution is 0.653. The molecule has 17 aromatic carbocycles. The summed E-state index contributed by atoms with van der Waals surface area (Å²) in [4.78, 5) is 30.6. The molecule has 0 N–H and O–H groups in total. The normalized spacial score (nSPS) is 11.7. The van der Waals surface area contributed by atoms with Gasteiger partial charge in [-0.2, -0.15) is 15.0 Å². The van der Waals surface area contributed by atoms with Gasteiger partial charge >= 0.3 is 0 Å². The minimum absolute atomic E-state index is 0.586. The van der Waals surface area contributed by atoms with E-state index >= 15 is 0 Å². The van der Waals surface area contributed by atoms with Crippen LogP contribution in [0.1, 0.15) is 0 Å². The van der Waals surface area contributed by atoms with Crippen LogP contribution < -0.4 is 0 Å². The highest BCUT2D eigenvalue weighted by atomic mass is 16.3. The highest BCUT2D eigenvalue weighted by Gasteiger charge is 2.26. The molecule has 0 fully saturated rings. The van der Waals surface area contributed by atoms with E-state index in [0.717, 1.165) is 172 Å². The van der Waals surface area contributed by atoms with Crippen LogP contribution in [0.2, 0.25) is 0 Å². The van der Waals surface area contributed by atoms with Gasteiger partial charge in [-0.15, -0.1) is 0 Å². The average Bonchev–Trinajstić information content (AvgIpc) is 1.58. The fourth-order valence-electron chi connectivity index (χ4n) is 18.3. The molecule has 126 heavy (non-hydrogen) atoms. The van der Waals surface area contributed by atoms with E-state index in [4.69, 9.17) is 43.2 Å². The topological polar surface area (TPSA) is 132 Å². The van der Waals surface area contributed by atoms with E-state index in [-0.39, 0.29) is 0 Å². The maximum atomic E-state index is 6.36. The van der Waals surface area contributed by atoms with Crippen molar-refractivity contribution in [3.05, 3.63) is 431 Å². The van der Waals surface area contributed by atoms with E-state index in [9.17, 15) is 0 Å². The molecule has 0 aliphatic carbocycles. The van der Waals surface area contributed by atoms with E-state index < -0.39 is 0 Å². The molecular formula is C114H71N9O3. The van der Waals surface area contributed by atoms with Crippen molar-refractivity contribution in [1.29, 1.82) is 0 Å². The molecule has 0 unspecified atom stereocenters. The zero-order chi connectivity index (χ0) is 83.1. The van der Waals surface area contributed by atoms with E-state index in [2.05, 4.69) is 341 Å². The molecule has 9 heterocycles. The quantitative estimate of drug-likeness (QED) is 0.124. The van der Waals surface area contributed by atoms with Crippen LogP contribution in [-0.4, -0.2) is 43.6 Å². The minimum atomic E-state index is 0.586. The second-order valence-corrected chi connectivity index (χ2v) is 31.5. The van der Waals surface area contributed by atoms with Crippen molar-refractivity contribution in [3.63, 3.8) is 0 Å². The summed E-state index contributed by atoms with van der Waals surface area (Å²) in [6, 6.07) is 149. The second-order valence-electron chi connectivity index (χ2n) is 31.5. The Bertz CT molecular complexity index is 8700. The molecule has 0 bridgehead atoms. The number of furan rings is 3. The molecule has 26 rings (SSSR count). The lowest BCUT2D eigenvalue weighted by atomic mass is 9.99. The Kier molecular flexibility index (Phi) is 17.6. The first kappa shape index (κ1) is 72.8. The average molecular weight is 1610 g/mol. The van der Waals surface area contributed by atoms with Gasteiger partial charge in [0.2, 0.25) is 17.1 Å². The summed E-state index contributed by atoms with van der Waals surface area (Å²) in [5, 5.41) is 12.9. The van der Waals surface area contributed by atoms with Gasteiger partial charge in [-0.05, 0) is 156 Å². The van der Waals surface area contributed by atoms with Gasteiger partial charge in [0.25, 0.3) is 0 Å². The van der Waals surface area contributed by atoms with Crippen LogP contribution in [0, 0.1) is 0 Å². The van der Waals surface area contributed by atoms with Gasteiger partial charge in [-0.1, -0.05) is 297 Å². The van der Waals surface area contributed by atoms with Gasteiger partial charge in [-0.3, -0.25) is 0 Å². The monoisotopic (exact) mass is 1610 g/mol. The van der Waals surface area contributed by atoms with Crippen LogP contribution in [-0.2, 0) is 0 Å². The van der Waals surface area contributed by atoms with Crippen LogP contribution in [0.5, 0.6) is 0 Å². The Balaban J connectivity index is 0.000000106. The maximum absolute atomic E-state index is 6.36. The van der Waals surface area contributed by atoms with Crippen LogP contribution in [0.4, 0.5) is 0 Å². The molecule has 9 aromatic heterocycles. The molecule has 0 aliphatic rings. The molecule has 0 saturated carbocycles. The molecule has 12 heteroatoms. The molecule has 26 aromatic rings. The van der Waals surface area contributed by atoms with E-state index in [1.165, 1.54) is 32.8 Å². The van der Waals surface area contributed by atoms with Gasteiger partial charge in [0.15, 0.2) is 17.5 Å². The molecule has 590 valence electrons. The van der Waals surface area contributed by atoms with Crippen LogP contribution in [0.3, 0.4) is 0 Å². The Labute approximate surface area is 721 Å². The molecular weight excluding hydrogens is 1540 g/mol. The molecule has 0 radical (unpaired) electrons. The van der Waals surface area contributed by atoms with Crippen molar-refractivity contribution in [3.8, 4) is 107 Å². The molecule has 0 atom stereocenters. The first-order chi connectivity index (χ1) is 62.5. The smallest absolute Gasteiger partial charge is 0.231 e. The van der Waals surface area contributed by atoms with E-state index in [1.807, 2.05) is 103 Å². The molecule has 0 amide bonds. The highest BCUT2D eigenvalue weighted by molar-refractivity contribution is 6.17. The van der Waals surface area contributed by atoms with Crippen LogP contribution in [0.25, 0.3) is 239 Å². The SMILES string of the molecule is c1ccc(-c2ccc(-c3nc(-c4ccc5c(c4)c4ccccc4n5-c4ccccc4)nc4oc5ccccc5c34)cc2)cc1.c1ccc(-c2cccc(-c3nc(-c4ccc5c(c4)c4ccccc4n5-c4ccccc4)nc4oc5ccccc5c34)c2)cc1.c1ccc(-c2nc(-c3ccc4c(c3)c3ccccc3n4-c3ccccc3)nc3oc4ccccc4c23)cc1. The summed E-state index contributed by atoms with van der Waals surface area (Å²) in [7, 11) is 0. The zero-order valence-corrected chi connectivity index (χ0v) is 67.7. The lowest BCUT2D eigenvalue weighted by Crippen LogP contribution is -1.95. The van der Waals surface area contributed by atoms with Crippen molar-refractivity contribution in [2.45, 2.75) is 0 Å². The molecule has 0 saturated heterocycles. The summed E-state index contributed by atoms with van der Waals surface area (Å²) in [6.45, 7) is 0. The zero-order valence-electron chi connectivity index (χ0n) is 67.7. The summed E-state index contributed by atoms with van der Waals surface area (Å²) in [6.07, 6.45) is 0. The third-order valence-electron chi connectivity index (χ3n) is 24.1. The van der Waals surface area contributed by atoms with E-state index in [1.54, 1.807) is 0 Å². The lowest BCUT2D eigenvalue weighted by Gasteiger charge is -2.10. The molecule has 0 aliphatic heterocycles. The van der Waals surface area contributed by atoms with Gasteiger partial charge in [-0.25, -0.2) is 15.0 Å². The van der Waals surface area contributed by atoms with E-state index in [0.29, 0.717) is 34.6 Å². The predicted octanol–water partition coefficient (Wildman–Crippen LogP) is 29.8. The Morgan fingerprint density at radius 1 is 0.159 bits per heavy atom. The van der Waals surface area contributed by atoms with Crippen molar-refractivity contribution in [2.24, 2.45) is 0 Å². The second kappa shape index (κ2) is 30.5. The number of para-hydroxylation sites is 9. The maximum Gasteiger partial charge on any atom is 0.231 e. The summed E-state index contributed by atoms with van der Waals surface area (Å²) in [5.41, 5.74) is 27.7. The van der Waals surface area contributed by atoms with Crippen molar-refractivity contribution >= 4 is 132 Å². The van der Waals surface area contributed by atoms with Crippen molar-refractivity contribution in [2.75, 3.05) is 0 Å². The van der Waals surface area contributed by atoms with Gasteiger partial charge in [0.1, 0.15) is 16.7 Å². The molecule has 12 nitrogen and oxygen atoms in total. The summed E-state index contributed by atoms with van der Waals surface area (Å²) >= 11 is 0. The van der Waals surface area contributed by atoms with Gasteiger partial charge in [0.05, 0.1) is 66.3 Å². The van der Waals surface area contributed by atoms with Crippen LogP contribution >= 0.6 is 0 Å². The standard InChI is InChI=1S/2C40H25N3O.C34H21N3O/c1-3-12-26(13-4-1)27-14-11-15-28(24-27)38-37-32-19-8-10-21-36(32)44-40(37)42-39(41-38)29-22-23-35-33(25-29)31-18-7-9-20-34(31)43(35)30-16-5-2-6-17-30;1-3-11-26(12-4-1)27-19-21-28(22-20-27)38-37-32-16-8-10-18-36(32)44-40(37)42-39(41-38)29-23-24-35-33(25-29)31-15-7-9-17-34(31)43(35)30-13-5-2-6-14-30;1-3-11-22(12-4-1)32-31-26-16-8-10-18-30(26)38-34(31)36-33(35-32)23-19-20-29-27(21-23)25-15-7-9-17-28(25)37(29)24-13-5-2-6-14-24/h2*1-25H;1-21H. The highest BCUT2D eigenvalue weighted by Crippen LogP contribution is 2.45.